The first kappa shape index (κ1) is 22.9. The molecular formula is C23H29N3O4. The minimum Gasteiger partial charge on any atom is -0.491 e. The van der Waals surface area contributed by atoms with Gasteiger partial charge in [0, 0.05) is 24.1 Å². The summed E-state index contributed by atoms with van der Waals surface area (Å²) in [7, 11) is 0. The van der Waals surface area contributed by atoms with E-state index in [0.29, 0.717) is 17.0 Å². The Bertz CT molecular complexity index is 894. The van der Waals surface area contributed by atoms with Gasteiger partial charge in [-0.2, -0.15) is 0 Å². The highest BCUT2D eigenvalue weighted by atomic mass is 16.5. The molecule has 30 heavy (non-hydrogen) atoms. The molecule has 7 nitrogen and oxygen atoms in total. The first-order valence-electron chi connectivity index (χ1n) is 10.0. The number of carbonyl (C=O) groups is 3. The summed E-state index contributed by atoms with van der Waals surface area (Å²) < 4.78 is 5.67. The molecule has 2 rings (SSSR count). The van der Waals surface area contributed by atoms with Gasteiger partial charge in [-0.05, 0) is 74.7 Å². The van der Waals surface area contributed by atoms with Crippen molar-refractivity contribution in [1.29, 1.82) is 0 Å². The zero-order valence-electron chi connectivity index (χ0n) is 17.9. The van der Waals surface area contributed by atoms with Crippen LogP contribution in [0.25, 0.3) is 0 Å². The summed E-state index contributed by atoms with van der Waals surface area (Å²) in [5.41, 5.74) is 7.97. The Balaban J connectivity index is 1.73. The third kappa shape index (κ3) is 7.24. The van der Waals surface area contributed by atoms with Crippen LogP contribution >= 0.6 is 0 Å². The van der Waals surface area contributed by atoms with E-state index >= 15 is 0 Å². The molecule has 1 unspecified atom stereocenters. The van der Waals surface area contributed by atoms with Crippen molar-refractivity contribution < 1.29 is 19.1 Å². The van der Waals surface area contributed by atoms with Gasteiger partial charge in [0.15, 0.2) is 0 Å². The summed E-state index contributed by atoms with van der Waals surface area (Å²) >= 11 is 0. The fraction of sp³-hybridized carbons (Fsp3) is 0.348. The molecule has 7 heteroatoms. The molecule has 2 aromatic rings. The summed E-state index contributed by atoms with van der Waals surface area (Å²) in [4.78, 5) is 36.1. The Kier molecular flexibility index (Phi) is 8.41. The van der Waals surface area contributed by atoms with Gasteiger partial charge in [0.1, 0.15) is 5.75 Å². The van der Waals surface area contributed by atoms with Gasteiger partial charge in [-0.25, -0.2) is 0 Å². The number of hydrogen-bond donors (Lipinski definition) is 3. The number of anilines is 1. The van der Waals surface area contributed by atoms with E-state index in [1.807, 2.05) is 45.9 Å². The largest absolute Gasteiger partial charge is 0.491 e. The normalized spacial score (nSPS) is 11.3. The number of rotatable bonds is 8. The van der Waals surface area contributed by atoms with Gasteiger partial charge >= 0.3 is 0 Å². The Hall–Kier alpha value is -3.35. The highest BCUT2D eigenvalue weighted by Crippen LogP contribution is 2.15. The fourth-order valence-electron chi connectivity index (χ4n) is 2.53. The van der Waals surface area contributed by atoms with Crippen LogP contribution in [0.1, 0.15) is 54.6 Å². The molecule has 1 atom stereocenters. The molecule has 0 heterocycles. The Labute approximate surface area is 177 Å². The molecule has 3 amide bonds. The van der Waals surface area contributed by atoms with Crippen molar-refractivity contribution in [2.75, 3.05) is 5.32 Å². The molecule has 2 aromatic carbocycles. The van der Waals surface area contributed by atoms with E-state index in [1.54, 1.807) is 24.3 Å². The quantitative estimate of drug-likeness (QED) is 0.578. The van der Waals surface area contributed by atoms with Crippen LogP contribution in [0.2, 0.25) is 0 Å². The SMILES string of the molecule is CCC(C)Oc1ccc(C(=O)NNC(=O)CCC(=O)Nc2ccc(C)c(C)c2)cc1. The molecule has 0 aromatic heterocycles. The predicted molar refractivity (Wildman–Crippen MR) is 116 cm³/mol. The molecule has 0 aliphatic rings. The maximum Gasteiger partial charge on any atom is 0.269 e. The maximum absolute atomic E-state index is 12.1. The van der Waals surface area contributed by atoms with Gasteiger partial charge in [0.05, 0.1) is 6.10 Å². The van der Waals surface area contributed by atoms with Gasteiger partial charge in [-0.15, -0.1) is 0 Å². The van der Waals surface area contributed by atoms with Crippen LogP contribution in [-0.2, 0) is 9.59 Å². The van der Waals surface area contributed by atoms with Crippen LogP contribution in [0.15, 0.2) is 42.5 Å². The van der Waals surface area contributed by atoms with Crippen molar-refractivity contribution in [1.82, 2.24) is 10.9 Å². The second kappa shape index (κ2) is 11.0. The smallest absolute Gasteiger partial charge is 0.269 e. The minimum atomic E-state index is -0.449. The molecule has 0 saturated carbocycles. The number of nitrogens with one attached hydrogen (secondary N) is 3. The summed E-state index contributed by atoms with van der Waals surface area (Å²) in [6.45, 7) is 7.96. The van der Waals surface area contributed by atoms with Crippen molar-refractivity contribution in [3.8, 4) is 5.75 Å². The van der Waals surface area contributed by atoms with E-state index in [4.69, 9.17) is 4.74 Å². The van der Waals surface area contributed by atoms with Crippen LogP contribution in [0.3, 0.4) is 0 Å². The van der Waals surface area contributed by atoms with Crippen molar-refractivity contribution in [2.45, 2.75) is 53.1 Å². The molecule has 0 fully saturated rings. The lowest BCUT2D eigenvalue weighted by molar-refractivity contribution is -0.124. The number of benzene rings is 2. The summed E-state index contributed by atoms with van der Waals surface area (Å²) in [5, 5.41) is 2.76. The zero-order valence-corrected chi connectivity index (χ0v) is 17.9. The first-order valence-corrected chi connectivity index (χ1v) is 10.0. The fourth-order valence-corrected chi connectivity index (χ4v) is 2.53. The third-order valence-electron chi connectivity index (χ3n) is 4.71. The Morgan fingerprint density at radius 3 is 2.20 bits per heavy atom. The molecular weight excluding hydrogens is 382 g/mol. The van der Waals surface area contributed by atoms with Crippen LogP contribution in [0, 0.1) is 13.8 Å². The lowest BCUT2D eigenvalue weighted by atomic mass is 10.1. The van der Waals surface area contributed by atoms with Crippen LogP contribution < -0.4 is 20.9 Å². The minimum absolute atomic E-state index is 0.0102. The van der Waals surface area contributed by atoms with Gasteiger partial charge in [-0.3, -0.25) is 25.2 Å². The highest BCUT2D eigenvalue weighted by Gasteiger charge is 2.11. The van der Waals surface area contributed by atoms with E-state index in [1.165, 1.54) is 0 Å². The highest BCUT2D eigenvalue weighted by molar-refractivity contribution is 5.96. The second-order valence-electron chi connectivity index (χ2n) is 7.21. The molecule has 0 aliphatic carbocycles. The monoisotopic (exact) mass is 411 g/mol. The molecule has 160 valence electrons. The van der Waals surface area contributed by atoms with Gasteiger partial charge < -0.3 is 10.1 Å². The average Bonchev–Trinajstić information content (AvgIpc) is 2.73. The van der Waals surface area contributed by atoms with E-state index in [-0.39, 0.29) is 24.9 Å². The molecule has 0 bridgehead atoms. The lowest BCUT2D eigenvalue weighted by Gasteiger charge is -2.13. The Morgan fingerprint density at radius 1 is 0.900 bits per heavy atom. The molecule has 0 radical (unpaired) electrons. The van der Waals surface area contributed by atoms with E-state index in [9.17, 15) is 14.4 Å². The third-order valence-corrected chi connectivity index (χ3v) is 4.71. The number of carbonyl (C=O) groups excluding carboxylic acids is 3. The summed E-state index contributed by atoms with van der Waals surface area (Å²) in [6, 6.07) is 12.3. The predicted octanol–water partition coefficient (Wildman–Crippen LogP) is 3.66. The standard InChI is InChI=1S/C23H29N3O4/c1-5-17(4)30-20-10-7-18(8-11-20)23(29)26-25-22(28)13-12-21(27)24-19-9-6-15(2)16(3)14-19/h6-11,14,17H,5,12-13H2,1-4H3,(H,24,27)(H,25,28)(H,26,29). The van der Waals surface area contributed by atoms with Crippen molar-refractivity contribution in [3.05, 3.63) is 59.2 Å². The number of hydrazine groups is 1. The first-order chi connectivity index (χ1) is 14.3. The average molecular weight is 412 g/mol. The lowest BCUT2D eigenvalue weighted by Crippen LogP contribution is -2.41. The summed E-state index contributed by atoms with van der Waals surface area (Å²) in [6.07, 6.45) is 0.947. The Morgan fingerprint density at radius 2 is 1.57 bits per heavy atom. The number of aryl methyl sites for hydroxylation is 2. The van der Waals surface area contributed by atoms with E-state index < -0.39 is 11.8 Å². The molecule has 0 spiro atoms. The van der Waals surface area contributed by atoms with Crippen molar-refractivity contribution >= 4 is 23.4 Å². The topological polar surface area (TPSA) is 96.5 Å². The zero-order chi connectivity index (χ0) is 22.1. The van der Waals surface area contributed by atoms with Crippen LogP contribution in [-0.4, -0.2) is 23.8 Å². The van der Waals surface area contributed by atoms with E-state index in [2.05, 4.69) is 16.2 Å². The van der Waals surface area contributed by atoms with Gasteiger partial charge in [-0.1, -0.05) is 13.0 Å². The van der Waals surface area contributed by atoms with Crippen molar-refractivity contribution in [3.63, 3.8) is 0 Å². The van der Waals surface area contributed by atoms with E-state index in [0.717, 1.165) is 17.5 Å². The van der Waals surface area contributed by atoms with Crippen molar-refractivity contribution in [2.24, 2.45) is 0 Å². The number of hydrogen-bond acceptors (Lipinski definition) is 4. The molecule has 0 saturated heterocycles. The van der Waals surface area contributed by atoms with Gasteiger partial charge in [0.2, 0.25) is 11.8 Å². The number of amides is 3. The number of ether oxygens (including phenoxy) is 1. The van der Waals surface area contributed by atoms with Gasteiger partial charge in [0.25, 0.3) is 5.91 Å². The molecule has 0 aliphatic heterocycles. The molecule has 3 N–H and O–H groups in total. The second-order valence-corrected chi connectivity index (χ2v) is 7.21. The summed E-state index contributed by atoms with van der Waals surface area (Å²) in [5.74, 6) is -0.482. The maximum atomic E-state index is 12.1. The van der Waals surface area contributed by atoms with Crippen LogP contribution in [0.4, 0.5) is 5.69 Å². The van der Waals surface area contributed by atoms with Crippen LogP contribution in [0.5, 0.6) is 5.75 Å².